The molecule has 33 heavy (non-hydrogen) atoms. The molecule has 4 aromatic rings. The monoisotopic (exact) mass is 440 g/mol. The second-order valence-corrected chi connectivity index (χ2v) is 8.42. The van der Waals surface area contributed by atoms with Crippen molar-refractivity contribution in [1.82, 2.24) is 19.4 Å². The summed E-state index contributed by atoms with van der Waals surface area (Å²) in [4.78, 5) is 37.4. The van der Waals surface area contributed by atoms with E-state index in [1.165, 1.54) is 10.9 Å². The predicted octanol–water partition coefficient (Wildman–Crippen LogP) is 2.80. The molecule has 0 aliphatic carbocycles. The molecule has 1 amide bonds. The summed E-state index contributed by atoms with van der Waals surface area (Å²) in [6.07, 6.45) is 1.78. The predicted molar refractivity (Wildman–Crippen MR) is 127 cm³/mol. The third-order valence-electron chi connectivity index (χ3n) is 6.27. The molecule has 166 valence electrons. The molecule has 1 aliphatic rings. The number of amides is 1. The Morgan fingerprint density at radius 1 is 1.15 bits per heavy atom. The molecule has 0 saturated carbocycles. The van der Waals surface area contributed by atoms with Crippen molar-refractivity contribution in [2.24, 2.45) is 0 Å². The van der Waals surface area contributed by atoms with Gasteiger partial charge in [-0.2, -0.15) is 5.26 Å². The molecule has 0 atom stereocenters. The van der Waals surface area contributed by atoms with Crippen LogP contribution >= 0.6 is 0 Å². The van der Waals surface area contributed by atoms with E-state index in [2.05, 4.69) is 20.9 Å². The van der Waals surface area contributed by atoms with Crippen molar-refractivity contribution in [3.63, 3.8) is 0 Å². The molecule has 1 fully saturated rings. The van der Waals surface area contributed by atoms with Crippen molar-refractivity contribution >= 4 is 33.5 Å². The Hall–Kier alpha value is -4.12. The number of aromatic amines is 1. The van der Waals surface area contributed by atoms with E-state index in [1.807, 2.05) is 48.2 Å². The van der Waals surface area contributed by atoms with Crippen LogP contribution in [-0.2, 0) is 11.3 Å². The van der Waals surface area contributed by atoms with Crippen LogP contribution in [0.25, 0.3) is 21.9 Å². The van der Waals surface area contributed by atoms with E-state index in [1.54, 1.807) is 6.07 Å². The Kier molecular flexibility index (Phi) is 5.31. The number of carbonyl (C=O) groups excluding carboxylic acids is 1. The lowest BCUT2D eigenvalue weighted by Gasteiger charge is -2.36. The maximum absolute atomic E-state index is 13.0. The summed E-state index contributed by atoms with van der Waals surface area (Å²) < 4.78 is 1.51. The van der Waals surface area contributed by atoms with Gasteiger partial charge < -0.3 is 14.8 Å². The normalized spacial score (nSPS) is 14.1. The Morgan fingerprint density at radius 3 is 2.76 bits per heavy atom. The highest BCUT2D eigenvalue weighted by molar-refractivity contribution is 6.04. The number of hydrogen-bond acceptors (Lipinski definition) is 5. The van der Waals surface area contributed by atoms with Crippen molar-refractivity contribution in [1.29, 1.82) is 5.26 Å². The van der Waals surface area contributed by atoms with E-state index >= 15 is 0 Å². The maximum atomic E-state index is 13.0. The molecule has 0 bridgehead atoms. The number of H-pyrrole nitrogens is 1. The molecule has 8 nitrogen and oxygen atoms in total. The molecule has 1 N–H and O–H groups in total. The lowest BCUT2D eigenvalue weighted by molar-refractivity contribution is -0.131. The largest absolute Gasteiger partial charge is 0.368 e. The zero-order valence-corrected chi connectivity index (χ0v) is 18.4. The molecule has 2 aromatic heterocycles. The second-order valence-electron chi connectivity index (χ2n) is 8.42. The molecule has 8 heteroatoms. The van der Waals surface area contributed by atoms with E-state index in [9.17, 15) is 9.59 Å². The van der Waals surface area contributed by atoms with Gasteiger partial charge in [-0.1, -0.05) is 17.7 Å². The third kappa shape index (κ3) is 3.94. The van der Waals surface area contributed by atoms with Crippen LogP contribution in [0.3, 0.4) is 0 Å². The van der Waals surface area contributed by atoms with E-state index in [0.29, 0.717) is 49.3 Å². The number of aromatic nitrogens is 3. The van der Waals surface area contributed by atoms with Gasteiger partial charge in [-0.3, -0.25) is 14.2 Å². The smallest absolute Gasteiger partial charge is 0.277 e. The van der Waals surface area contributed by atoms with Crippen molar-refractivity contribution < 1.29 is 4.79 Å². The minimum absolute atomic E-state index is 0.0275. The summed E-state index contributed by atoms with van der Waals surface area (Å²) in [6.45, 7) is 4.95. The van der Waals surface area contributed by atoms with Gasteiger partial charge in [0.1, 0.15) is 11.0 Å². The van der Waals surface area contributed by atoms with Crippen LogP contribution in [0.1, 0.15) is 17.5 Å². The molecule has 0 radical (unpaired) electrons. The van der Waals surface area contributed by atoms with Crippen LogP contribution in [0.4, 0.5) is 5.69 Å². The number of nitrogens with one attached hydrogen (secondary N) is 1. The fourth-order valence-corrected chi connectivity index (χ4v) is 4.42. The zero-order valence-electron chi connectivity index (χ0n) is 18.4. The van der Waals surface area contributed by atoms with Gasteiger partial charge in [-0.25, -0.2) is 4.98 Å². The molecule has 1 saturated heterocycles. The van der Waals surface area contributed by atoms with Gasteiger partial charge >= 0.3 is 0 Å². The third-order valence-corrected chi connectivity index (χ3v) is 6.27. The number of nitriles is 1. The fourth-order valence-electron chi connectivity index (χ4n) is 4.42. The van der Waals surface area contributed by atoms with Gasteiger partial charge in [0.25, 0.3) is 5.56 Å². The van der Waals surface area contributed by atoms with Crippen LogP contribution in [0, 0.1) is 18.3 Å². The molecule has 1 aliphatic heterocycles. The zero-order chi connectivity index (χ0) is 22.9. The minimum Gasteiger partial charge on any atom is -0.368 e. The number of piperazine rings is 1. The molecule has 0 unspecified atom stereocenters. The average Bonchev–Trinajstić information content (AvgIpc) is 3.22. The van der Waals surface area contributed by atoms with Gasteiger partial charge in [0.15, 0.2) is 0 Å². The fraction of sp³-hybridized carbons (Fsp3) is 0.280. The van der Waals surface area contributed by atoms with Crippen LogP contribution in [-0.4, -0.2) is 51.5 Å². The van der Waals surface area contributed by atoms with Crippen molar-refractivity contribution in [3.8, 4) is 6.07 Å². The van der Waals surface area contributed by atoms with Crippen LogP contribution in [0.15, 0.2) is 53.6 Å². The van der Waals surface area contributed by atoms with Gasteiger partial charge in [0, 0.05) is 55.7 Å². The highest BCUT2D eigenvalue weighted by Gasteiger charge is 2.21. The van der Waals surface area contributed by atoms with Crippen LogP contribution in [0.5, 0.6) is 0 Å². The van der Waals surface area contributed by atoms with Gasteiger partial charge in [0.2, 0.25) is 5.91 Å². The van der Waals surface area contributed by atoms with Crippen LogP contribution < -0.4 is 10.5 Å². The number of carbonyl (C=O) groups is 1. The van der Waals surface area contributed by atoms with Gasteiger partial charge in [-0.15, -0.1) is 0 Å². The minimum atomic E-state index is -0.163. The van der Waals surface area contributed by atoms with E-state index in [4.69, 9.17) is 5.26 Å². The Bertz CT molecular complexity index is 1450. The molecular formula is C25H24N6O2. The highest BCUT2D eigenvalue weighted by atomic mass is 16.2. The summed E-state index contributed by atoms with van der Waals surface area (Å²) in [5, 5.41) is 10.0. The van der Waals surface area contributed by atoms with E-state index < -0.39 is 0 Å². The maximum Gasteiger partial charge on any atom is 0.277 e. The van der Waals surface area contributed by atoms with Gasteiger partial charge in [0.05, 0.1) is 18.0 Å². The number of nitrogens with zero attached hydrogens (tertiary/aromatic N) is 5. The molecular weight excluding hydrogens is 416 g/mol. The van der Waals surface area contributed by atoms with E-state index in [-0.39, 0.29) is 17.9 Å². The number of fused-ring (bicyclic) bond motifs is 3. The standard InChI is InChI=1S/C25H24N6O2/c1-17-5-6-21-20(13-17)23-24(28-21)25(33)31(16-27-23)8-7-22(32)30-11-9-29(10-12-30)19-4-2-3-18(14-19)15-26/h2-6,13-14,16,28H,7-12H2,1H3. The van der Waals surface area contributed by atoms with Crippen molar-refractivity contribution in [3.05, 3.63) is 70.3 Å². The summed E-state index contributed by atoms with van der Waals surface area (Å²) >= 11 is 0. The van der Waals surface area contributed by atoms with Crippen molar-refractivity contribution in [2.75, 3.05) is 31.1 Å². The number of anilines is 1. The number of hydrogen-bond donors (Lipinski definition) is 1. The lowest BCUT2D eigenvalue weighted by Crippen LogP contribution is -2.49. The summed E-state index contributed by atoms with van der Waals surface area (Å²) in [7, 11) is 0. The lowest BCUT2D eigenvalue weighted by atomic mass is 10.1. The first-order chi connectivity index (χ1) is 16.0. The summed E-state index contributed by atoms with van der Waals surface area (Å²) in [5.41, 5.74) is 4.60. The Labute approximate surface area is 190 Å². The first-order valence-corrected chi connectivity index (χ1v) is 11.0. The molecule has 3 heterocycles. The summed E-state index contributed by atoms with van der Waals surface area (Å²) in [5.74, 6) is 0.0275. The Morgan fingerprint density at radius 2 is 1.97 bits per heavy atom. The topological polar surface area (TPSA) is 98.0 Å². The number of aryl methyl sites for hydroxylation is 2. The first-order valence-electron chi connectivity index (χ1n) is 11.0. The Balaban J connectivity index is 1.24. The molecule has 5 rings (SSSR count). The number of benzene rings is 2. The average molecular weight is 441 g/mol. The highest BCUT2D eigenvalue weighted by Crippen LogP contribution is 2.22. The molecule has 2 aromatic carbocycles. The van der Waals surface area contributed by atoms with Gasteiger partial charge in [-0.05, 0) is 37.3 Å². The number of rotatable bonds is 4. The quantitative estimate of drug-likeness (QED) is 0.526. The second kappa shape index (κ2) is 8.43. The first kappa shape index (κ1) is 20.8. The SMILES string of the molecule is Cc1ccc2[nH]c3c(=O)n(CCC(=O)N4CCN(c5cccc(C#N)c5)CC4)cnc3c2c1. The summed E-state index contributed by atoms with van der Waals surface area (Å²) in [6, 6.07) is 15.7. The molecule has 0 spiro atoms. The van der Waals surface area contributed by atoms with Crippen LogP contribution in [0.2, 0.25) is 0 Å². The van der Waals surface area contributed by atoms with E-state index in [0.717, 1.165) is 22.2 Å². The van der Waals surface area contributed by atoms with Crippen molar-refractivity contribution in [2.45, 2.75) is 19.9 Å².